The van der Waals surface area contributed by atoms with Gasteiger partial charge in [-0.15, -0.1) is 0 Å². The zero-order chi connectivity index (χ0) is 17.6. The maximum absolute atomic E-state index is 13.2. The molecule has 2 aliphatic rings. The summed E-state index contributed by atoms with van der Waals surface area (Å²) in [6, 6.07) is 5.97. The second-order valence-electron chi connectivity index (χ2n) is 7.34. The molecule has 0 bridgehead atoms. The minimum atomic E-state index is -0.274. The molecule has 5 heteroatoms. The Hall–Kier alpha value is -2.14. The molecule has 1 aliphatic heterocycles. The van der Waals surface area contributed by atoms with Crippen LogP contribution in [0.3, 0.4) is 0 Å². The monoisotopic (exact) mass is 340 g/mol. The second kappa shape index (κ2) is 6.30. The summed E-state index contributed by atoms with van der Waals surface area (Å²) in [6.07, 6.45) is 3.62. The highest BCUT2D eigenvalue weighted by Crippen LogP contribution is 2.33. The van der Waals surface area contributed by atoms with Gasteiger partial charge >= 0.3 is 0 Å². The first-order valence-electron chi connectivity index (χ1n) is 9.14. The highest BCUT2D eigenvalue weighted by Gasteiger charge is 2.42. The van der Waals surface area contributed by atoms with Gasteiger partial charge in [0, 0.05) is 23.5 Å². The molecule has 1 aromatic heterocycles. The molecule has 0 radical (unpaired) electrons. The van der Waals surface area contributed by atoms with E-state index in [1.165, 1.54) is 4.90 Å². The zero-order valence-electron chi connectivity index (χ0n) is 14.8. The average Bonchev–Trinajstić information content (AvgIpc) is 3.39. The van der Waals surface area contributed by atoms with Crippen LogP contribution in [0.15, 0.2) is 22.6 Å². The largest absolute Gasteiger partial charge is 0.451 e. The van der Waals surface area contributed by atoms with Gasteiger partial charge in [0.15, 0.2) is 5.76 Å². The summed E-state index contributed by atoms with van der Waals surface area (Å²) in [4.78, 5) is 27.7. The lowest BCUT2D eigenvalue weighted by atomic mass is 9.97. The molecule has 2 heterocycles. The van der Waals surface area contributed by atoms with Crippen molar-refractivity contribution >= 4 is 22.8 Å². The highest BCUT2D eigenvalue weighted by atomic mass is 16.3. The molecule has 25 heavy (non-hydrogen) atoms. The fourth-order valence-corrected chi connectivity index (χ4v) is 3.68. The van der Waals surface area contributed by atoms with Crippen molar-refractivity contribution in [2.24, 2.45) is 5.92 Å². The van der Waals surface area contributed by atoms with Gasteiger partial charge in [-0.05, 0) is 57.7 Å². The summed E-state index contributed by atoms with van der Waals surface area (Å²) in [5.41, 5.74) is 2.62. The van der Waals surface area contributed by atoms with Crippen molar-refractivity contribution in [3.63, 3.8) is 0 Å². The number of hydrogen-bond donors (Lipinski definition) is 1. The first kappa shape index (κ1) is 16.3. The second-order valence-corrected chi connectivity index (χ2v) is 7.34. The lowest BCUT2D eigenvalue weighted by Gasteiger charge is -2.28. The Balaban J connectivity index is 1.67. The van der Waals surface area contributed by atoms with Crippen LogP contribution >= 0.6 is 0 Å². The first-order valence-corrected chi connectivity index (χ1v) is 9.14. The zero-order valence-corrected chi connectivity index (χ0v) is 14.8. The van der Waals surface area contributed by atoms with Gasteiger partial charge in [0.05, 0.1) is 5.92 Å². The highest BCUT2D eigenvalue weighted by molar-refractivity contribution is 6.07. The van der Waals surface area contributed by atoms with Crippen LogP contribution in [0.25, 0.3) is 11.0 Å². The van der Waals surface area contributed by atoms with Gasteiger partial charge in [-0.3, -0.25) is 14.5 Å². The molecule has 4 rings (SSSR count). The lowest BCUT2D eigenvalue weighted by molar-refractivity contribution is -0.133. The van der Waals surface area contributed by atoms with E-state index in [1.807, 2.05) is 32.0 Å². The number of benzene rings is 1. The number of furan rings is 1. The molecule has 1 saturated heterocycles. The number of nitrogens with zero attached hydrogens (tertiary/aromatic N) is 1. The Labute approximate surface area is 147 Å². The van der Waals surface area contributed by atoms with E-state index < -0.39 is 0 Å². The summed E-state index contributed by atoms with van der Waals surface area (Å²) in [5, 5.41) is 4.21. The summed E-state index contributed by atoms with van der Waals surface area (Å²) in [6.45, 7) is 5.50. The minimum Gasteiger partial charge on any atom is -0.451 e. The molecule has 2 fully saturated rings. The van der Waals surface area contributed by atoms with Crippen LogP contribution in [-0.2, 0) is 4.79 Å². The van der Waals surface area contributed by atoms with Crippen molar-refractivity contribution in [3.05, 3.63) is 35.1 Å². The van der Waals surface area contributed by atoms with Crippen molar-refractivity contribution in [2.75, 3.05) is 13.1 Å². The molecule has 1 aliphatic carbocycles. The number of hydrogen-bond acceptors (Lipinski definition) is 4. The third-order valence-electron chi connectivity index (χ3n) is 5.30. The molecule has 5 nitrogen and oxygen atoms in total. The first-order chi connectivity index (χ1) is 12.1. The van der Waals surface area contributed by atoms with Crippen LogP contribution in [0, 0.1) is 19.8 Å². The number of fused-ring (bicyclic) bond motifs is 1. The van der Waals surface area contributed by atoms with Gasteiger partial charge in [0.2, 0.25) is 5.91 Å². The predicted molar refractivity (Wildman–Crippen MR) is 95.5 cm³/mol. The summed E-state index contributed by atoms with van der Waals surface area (Å²) in [7, 11) is 0. The number of rotatable bonds is 3. The third kappa shape index (κ3) is 2.97. The van der Waals surface area contributed by atoms with Gasteiger partial charge in [-0.2, -0.15) is 0 Å². The van der Waals surface area contributed by atoms with Gasteiger partial charge < -0.3 is 9.73 Å². The van der Waals surface area contributed by atoms with Gasteiger partial charge in [0.1, 0.15) is 5.58 Å². The molecule has 1 N–H and O–H groups in total. The van der Waals surface area contributed by atoms with Gasteiger partial charge in [-0.1, -0.05) is 12.1 Å². The van der Waals surface area contributed by atoms with Crippen molar-refractivity contribution in [1.82, 2.24) is 10.2 Å². The minimum absolute atomic E-state index is 0.0382. The van der Waals surface area contributed by atoms with Crippen LogP contribution in [0.1, 0.15) is 47.4 Å². The fraction of sp³-hybridized carbons (Fsp3) is 0.500. The molecule has 1 atom stereocenters. The van der Waals surface area contributed by atoms with Crippen molar-refractivity contribution in [2.45, 2.75) is 45.6 Å². The van der Waals surface area contributed by atoms with E-state index in [0.29, 0.717) is 17.9 Å². The summed E-state index contributed by atoms with van der Waals surface area (Å²) >= 11 is 0. The van der Waals surface area contributed by atoms with Gasteiger partial charge in [0.25, 0.3) is 5.91 Å². The fourth-order valence-electron chi connectivity index (χ4n) is 3.68. The number of piperidine rings is 1. The van der Waals surface area contributed by atoms with Crippen molar-refractivity contribution in [3.8, 4) is 0 Å². The van der Waals surface area contributed by atoms with E-state index >= 15 is 0 Å². The van der Waals surface area contributed by atoms with E-state index in [9.17, 15) is 9.59 Å². The van der Waals surface area contributed by atoms with Crippen molar-refractivity contribution in [1.29, 1.82) is 0 Å². The SMILES string of the molecule is Cc1ccc2c(C)c(C(=O)N(C(=O)C3CCCNC3)C3CC3)oc2c1. The molecule has 0 spiro atoms. The van der Waals surface area contributed by atoms with Crippen LogP contribution in [-0.4, -0.2) is 35.8 Å². The van der Waals surface area contributed by atoms with E-state index in [2.05, 4.69) is 5.32 Å². The standard InChI is InChI=1S/C20H24N2O3/c1-12-5-8-16-13(2)18(25-17(16)10-12)20(24)22(15-6-7-15)19(23)14-4-3-9-21-11-14/h5,8,10,14-15,21H,3-4,6-7,9,11H2,1-2H3. The summed E-state index contributed by atoms with van der Waals surface area (Å²) < 4.78 is 5.88. The van der Waals surface area contributed by atoms with Crippen LogP contribution < -0.4 is 5.32 Å². The predicted octanol–water partition coefficient (Wildman–Crippen LogP) is 3.18. The van der Waals surface area contributed by atoms with E-state index in [4.69, 9.17) is 4.42 Å². The number of aryl methyl sites for hydroxylation is 2. The molecule has 1 aromatic carbocycles. The molecule has 1 unspecified atom stereocenters. The maximum Gasteiger partial charge on any atom is 0.296 e. The van der Waals surface area contributed by atoms with Crippen LogP contribution in [0.5, 0.6) is 0 Å². The number of imide groups is 1. The Morgan fingerprint density at radius 1 is 1.20 bits per heavy atom. The Bertz CT molecular complexity index is 829. The molecular formula is C20H24N2O3. The average molecular weight is 340 g/mol. The molecule has 132 valence electrons. The Morgan fingerprint density at radius 2 is 2.00 bits per heavy atom. The van der Waals surface area contributed by atoms with E-state index in [-0.39, 0.29) is 23.8 Å². The quantitative estimate of drug-likeness (QED) is 0.872. The summed E-state index contributed by atoms with van der Waals surface area (Å²) in [5.74, 6) is -0.116. The number of carbonyl (C=O) groups excluding carboxylic acids is 2. The molecular weight excluding hydrogens is 316 g/mol. The normalized spacial score (nSPS) is 20.6. The number of nitrogens with one attached hydrogen (secondary N) is 1. The van der Waals surface area contributed by atoms with E-state index in [0.717, 1.165) is 48.7 Å². The van der Waals surface area contributed by atoms with Crippen LogP contribution in [0.2, 0.25) is 0 Å². The lowest BCUT2D eigenvalue weighted by Crippen LogP contribution is -2.46. The van der Waals surface area contributed by atoms with Crippen molar-refractivity contribution < 1.29 is 14.0 Å². The molecule has 2 amide bonds. The smallest absolute Gasteiger partial charge is 0.296 e. The number of amides is 2. The Kier molecular flexibility index (Phi) is 4.12. The van der Waals surface area contributed by atoms with E-state index in [1.54, 1.807) is 0 Å². The number of carbonyl (C=O) groups is 2. The molecule has 2 aromatic rings. The van der Waals surface area contributed by atoms with Crippen LogP contribution in [0.4, 0.5) is 0 Å². The maximum atomic E-state index is 13.2. The Morgan fingerprint density at radius 3 is 2.68 bits per heavy atom. The third-order valence-corrected chi connectivity index (χ3v) is 5.30. The topological polar surface area (TPSA) is 62.6 Å². The van der Waals surface area contributed by atoms with Gasteiger partial charge in [-0.25, -0.2) is 0 Å². The molecule has 1 saturated carbocycles.